The normalized spacial score (nSPS) is 15.5. The minimum absolute atomic E-state index is 0. The highest BCUT2D eigenvalue weighted by atomic mass is 35.5. The average molecular weight is 341 g/mol. The summed E-state index contributed by atoms with van der Waals surface area (Å²) in [6, 6.07) is 5.06. The molecule has 0 bridgehead atoms. The first-order chi connectivity index (χ1) is 9.47. The van der Waals surface area contributed by atoms with Gasteiger partial charge in [0.2, 0.25) is 5.91 Å². The molecule has 0 saturated carbocycles. The van der Waals surface area contributed by atoms with E-state index in [0.717, 1.165) is 37.0 Å². The van der Waals surface area contributed by atoms with Gasteiger partial charge in [0.15, 0.2) is 0 Å². The Hall–Kier alpha value is -0.920. The SMILES string of the molecule is Cl.O=C(CSc1cccc(C(F)(F)F)c1)N1CCNCC1. The van der Waals surface area contributed by atoms with E-state index in [0.29, 0.717) is 18.0 Å². The van der Waals surface area contributed by atoms with Crippen LogP contribution in [-0.2, 0) is 11.0 Å². The van der Waals surface area contributed by atoms with Gasteiger partial charge in [-0.3, -0.25) is 4.79 Å². The van der Waals surface area contributed by atoms with E-state index in [4.69, 9.17) is 0 Å². The molecule has 1 saturated heterocycles. The van der Waals surface area contributed by atoms with Crippen LogP contribution in [0.1, 0.15) is 5.56 Å². The summed E-state index contributed by atoms with van der Waals surface area (Å²) in [5.74, 6) is 0.135. The second-order valence-electron chi connectivity index (χ2n) is 4.45. The van der Waals surface area contributed by atoms with Crippen molar-refractivity contribution in [1.82, 2.24) is 10.2 Å². The Balaban J connectivity index is 0.00000220. The molecular formula is C13H16ClF3N2OS. The van der Waals surface area contributed by atoms with Gasteiger partial charge in [0.1, 0.15) is 0 Å². The van der Waals surface area contributed by atoms with Gasteiger partial charge in [-0.1, -0.05) is 6.07 Å². The number of nitrogens with one attached hydrogen (secondary N) is 1. The Morgan fingerprint density at radius 1 is 1.29 bits per heavy atom. The molecule has 1 heterocycles. The van der Waals surface area contributed by atoms with Crippen LogP contribution >= 0.6 is 24.2 Å². The number of nitrogens with zero attached hydrogens (tertiary/aromatic N) is 1. The monoisotopic (exact) mass is 340 g/mol. The zero-order valence-corrected chi connectivity index (χ0v) is 12.8. The number of amides is 1. The molecule has 1 N–H and O–H groups in total. The summed E-state index contributed by atoms with van der Waals surface area (Å²) in [4.78, 5) is 14.1. The lowest BCUT2D eigenvalue weighted by Gasteiger charge is -2.27. The van der Waals surface area contributed by atoms with Gasteiger partial charge in [0.25, 0.3) is 0 Å². The fourth-order valence-corrected chi connectivity index (χ4v) is 2.77. The maximum atomic E-state index is 12.6. The van der Waals surface area contributed by atoms with Crippen LogP contribution in [0.4, 0.5) is 13.2 Å². The second kappa shape index (κ2) is 7.91. The highest BCUT2D eigenvalue weighted by molar-refractivity contribution is 8.00. The Bertz CT molecular complexity index is 479. The van der Waals surface area contributed by atoms with E-state index in [2.05, 4.69) is 5.32 Å². The molecule has 8 heteroatoms. The van der Waals surface area contributed by atoms with Crippen LogP contribution in [0.15, 0.2) is 29.2 Å². The number of benzene rings is 1. The number of hydrogen-bond donors (Lipinski definition) is 1. The van der Waals surface area contributed by atoms with Crippen molar-refractivity contribution in [2.24, 2.45) is 0 Å². The van der Waals surface area contributed by atoms with E-state index < -0.39 is 11.7 Å². The summed E-state index contributed by atoms with van der Waals surface area (Å²) in [5, 5.41) is 3.14. The molecule has 1 aromatic rings. The maximum Gasteiger partial charge on any atom is 0.416 e. The van der Waals surface area contributed by atoms with Crippen molar-refractivity contribution in [2.45, 2.75) is 11.1 Å². The smallest absolute Gasteiger partial charge is 0.339 e. The van der Waals surface area contributed by atoms with E-state index in [1.165, 1.54) is 6.07 Å². The predicted molar refractivity (Wildman–Crippen MR) is 78.9 cm³/mol. The number of halogens is 4. The number of piperazine rings is 1. The third-order valence-electron chi connectivity index (χ3n) is 2.99. The standard InChI is InChI=1S/C13H15F3N2OS.ClH/c14-13(15,16)10-2-1-3-11(8-10)20-9-12(19)18-6-4-17-5-7-18;/h1-3,8,17H,4-7,9H2;1H. The molecular weight excluding hydrogens is 325 g/mol. The highest BCUT2D eigenvalue weighted by Crippen LogP contribution is 2.31. The molecule has 0 spiro atoms. The number of alkyl halides is 3. The molecule has 0 atom stereocenters. The van der Waals surface area contributed by atoms with Crippen molar-refractivity contribution in [1.29, 1.82) is 0 Å². The lowest BCUT2D eigenvalue weighted by Crippen LogP contribution is -2.47. The Morgan fingerprint density at radius 3 is 2.57 bits per heavy atom. The zero-order valence-electron chi connectivity index (χ0n) is 11.2. The van der Waals surface area contributed by atoms with Gasteiger partial charge < -0.3 is 10.2 Å². The Morgan fingerprint density at radius 2 is 1.95 bits per heavy atom. The number of carbonyl (C=O) groups excluding carboxylic acids is 1. The van der Waals surface area contributed by atoms with Crippen molar-refractivity contribution in [3.63, 3.8) is 0 Å². The first-order valence-electron chi connectivity index (χ1n) is 6.25. The van der Waals surface area contributed by atoms with E-state index in [1.807, 2.05) is 0 Å². The van der Waals surface area contributed by atoms with Crippen molar-refractivity contribution in [3.05, 3.63) is 29.8 Å². The molecule has 1 fully saturated rings. The molecule has 1 aliphatic rings. The van der Waals surface area contributed by atoms with Crippen LogP contribution in [0.25, 0.3) is 0 Å². The quantitative estimate of drug-likeness (QED) is 0.859. The van der Waals surface area contributed by atoms with Gasteiger partial charge >= 0.3 is 6.18 Å². The molecule has 1 amide bonds. The zero-order chi connectivity index (χ0) is 14.6. The van der Waals surface area contributed by atoms with Crippen molar-refractivity contribution >= 4 is 30.1 Å². The molecule has 0 aliphatic carbocycles. The van der Waals surface area contributed by atoms with Crippen LogP contribution in [0.5, 0.6) is 0 Å². The van der Waals surface area contributed by atoms with E-state index in [1.54, 1.807) is 11.0 Å². The third kappa shape index (κ3) is 5.41. The van der Waals surface area contributed by atoms with E-state index in [-0.39, 0.29) is 24.1 Å². The summed E-state index contributed by atoms with van der Waals surface area (Å²) < 4.78 is 37.7. The fourth-order valence-electron chi connectivity index (χ4n) is 1.91. The molecule has 118 valence electrons. The molecule has 0 aromatic heterocycles. The van der Waals surface area contributed by atoms with Crippen LogP contribution < -0.4 is 5.32 Å². The largest absolute Gasteiger partial charge is 0.416 e. The average Bonchev–Trinajstić information content (AvgIpc) is 2.45. The number of carbonyl (C=O) groups is 1. The van der Waals surface area contributed by atoms with Crippen LogP contribution in [0.2, 0.25) is 0 Å². The number of thioether (sulfide) groups is 1. The van der Waals surface area contributed by atoms with Crippen LogP contribution in [-0.4, -0.2) is 42.7 Å². The highest BCUT2D eigenvalue weighted by Gasteiger charge is 2.30. The summed E-state index contributed by atoms with van der Waals surface area (Å²) >= 11 is 1.14. The lowest BCUT2D eigenvalue weighted by atomic mass is 10.2. The number of rotatable bonds is 3. The van der Waals surface area contributed by atoms with Crippen molar-refractivity contribution in [2.75, 3.05) is 31.9 Å². The van der Waals surface area contributed by atoms with Gasteiger partial charge in [0.05, 0.1) is 11.3 Å². The van der Waals surface area contributed by atoms with Crippen LogP contribution in [0, 0.1) is 0 Å². The van der Waals surface area contributed by atoms with Gasteiger partial charge in [-0.15, -0.1) is 24.2 Å². The first-order valence-corrected chi connectivity index (χ1v) is 7.24. The Labute approximate surface area is 131 Å². The molecule has 3 nitrogen and oxygen atoms in total. The Kier molecular flexibility index (Phi) is 6.83. The fraction of sp³-hybridized carbons (Fsp3) is 0.462. The number of hydrogen-bond acceptors (Lipinski definition) is 3. The summed E-state index contributed by atoms with van der Waals surface area (Å²) in [6.45, 7) is 2.84. The van der Waals surface area contributed by atoms with Gasteiger partial charge in [-0.25, -0.2) is 0 Å². The van der Waals surface area contributed by atoms with Gasteiger partial charge in [0, 0.05) is 31.1 Å². The maximum absolute atomic E-state index is 12.6. The minimum atomic E-state index is -4.35. The van der Waals surface area contributed by atoms with Crippen molar-refractivity contribution in [3.8, 4) is 0 Å². The molecule has 2 rings (SSSR count). The lowest BCUT2D eigenvalue weighted by molar-refractivity contribution is -0.137. The summed E-state index contributed by atoms with van der Waals surface area (Å²) in [7, 11) is 0. The molecule has 21 heavy (non-hydrogen) atoms. The molecule has 0 unspecified atom stereocenters. The molecule has 1 aliphatic heterocycles. The summed E-state index contributed by atoms with van der Waals surface area (Å²) in [6.07, 6.45) is -4.35. The first kappa shape index (κ1) is 18.1. The minimum Gasteiger partial charge on any atom is -0.339 e. The molecule has 1 aromatic carbocycles. The topological polar surface area (TPSA) is 32.3 Å². The molecule has 0 radical (unpaired) electrons. The second-order valence-corrected chi connectivity index (χ2v) is 5.49. The van der Waals surface area contributed by atoms with Gasteiger partial charge in [-0.05, 0) is 18.2 Å². The van der Waals surface area contributed by atoms with E-state index >= 15 is 0 Å². The predicted octanol–water partition coefficient (Wildman–Crippen LogP) is 2.65. The van der Waals surface area contributed by atoms with Crippen LogP contribution in [0.3, 0.4) is 0 Å². The van der Waals surface area contributed by atoms with E-state index in [9.17, 15) is 18.0 Å². The third-order valence-corrected chi connectivity index (χ3v) is 3.97. The van der Waals surface area contributed by atoms with Crippen molar-refractivity contribution < 1.29 is 18.0 Å². The van der Waals surface area contributed by atoms with Gasteiger partial charge in [-0.2, -0.15) is 13.2 Å². The summed E-state index contributed by atoms with van der Waals surface area (Å²) in [5.41, 5.74) is -0.683.